The first kappa shape index (κ1) is 43.1. The van der Waals surface area contributed by atoms with E-state index in [1.54, 1.807) is 25.1 Å². The van der Waals surface area contributed by atoms with Gasteiger partial charge in [-0.1, -0.05) is 32.0 Å². The van der Waals surface area contributed by atoms with E-state index < -0.39 is 132 Å². The fourth-order valence-electron chi connectivity index (χ4n) is 9.59. The minimum Gasteiger partial charge on any atom is -0.461 e. The summed E-state index contributed by atoms with van der Waals surface area (Å²) in [6.07, 6.45) is -10.8. The Kier molecular flexibility index (Phi) is 11.4. The molecule has 18 heteroatoms. The standard InChI is InChI=1S/C41H47NO17/c1-19-20(2)35(48)58-32-29(47)33(56-23(5)45)40(18-53-36(49)25-13-10-9-11-14-25)34(57-24(6)46)30(54-21(3)43)27-31(55-22(4)44)41(40,39(32,8)51)59-38(27,7)17-52-37(50)26-15-12-16-42-28(19)26/h9-16,19-20,27,29-34,47,51H,17-18H2,1-8H3/t19?,20?,27-,29+,30-,31-,32+,33+,34-,38+,39+,40+,41+/m1/s1. The average molecular weight is 826 g/mol. The van der Waals surface area contributed by atoms with Crippen molar-refractivity contribution in [2.75, 3.05) is 13.2 Å². The van der Waals surface area contributed by atoms with Crippen molar-refractivity contribution in [3.05, 3.63) is 65.5 Å². The van der Waals surface area contributed by atoms with Gasteiger partial charge in [0.25, 0.3) is 0 Å². The highest BCUT2D eigenvalue weighted by Crippen LogP contribution is 2.70. The number of hydrogen-bond acceptors (Lipinski definition) is 18. The zero-order chi connectivity index (χ0) is 43.4. The zero-order valence-corrected chi connectivity index (χ0v) is 33.7. The summed E-state index contributed by atoms with van der Waals surface area (Å²) in [7, 11) is 0. The van der Waals surface area contributed by atoms with Gasteiger partial charge in [0.05, 0.1) is 28.7 Å². The maximum atomic E-state index is 14.2. The number of cyclic esters (lactones) is 1. The van der Waals surface area contributed by atoms with E-state index in [1.165, 1.54) is 44.3 Å². The molecule has 3 heterocycles. The molecule has 1 aromatic heterocycles. The van der Waals surface area contributed by atoms with Gasteiger partial charge < -0.3 is 48.1 Å². The second-order valence-corrected chi connectivity index (χ2v) is 15.9. The summed E-state index contributed by atoms with van der Waals surface area (Å²) in [5.74, 6) is -10.6. The normalized spacial score (nSPS) is 37.4. The van der Waals surface area contributed by atoms with Gasteiger partial charge in [-0.15, -0.1) is 0 Å². The van der Waals surface area contributed by atoms with Crippen LogP contribution in [0.3, 0.4) is 0 Å². The molecule has 18 nitrogen and oxygen atoms in total. The number of fused-ring (bicyclic) bond motifs is 5. The monoisotopic (exact) mass is 825 g/mol. The second-order valence-electron chi connectivity index (χ2n) is 15.9. The van der Waals surface area contributed by atoms with Gasteiger partial charge in [0.1, 0.15) is 54.2 Å². The molecule has 2 unspecified atom stereocenters. The number of aliphatic hydroxyl groups excluding tert-OH is 1. The summed E-state index contributed by atoms with van der Waals surface area (Å²) in [6.45, 7) is 7.73. The third kappa shape index (κ3) is 6.89. The molecule has 1 saturated heterocycles. The van der Waals surface area contributed by atoms with Crippen molar-refractivity contribution < 1.29 is 81.7 Å². The van der Waals surface area contributed by atoms with Crippen LogP contribution in [0.2, 0.25) is 0 Å². The van der Waals surface area contributed by atoms with Crippen LogP contribution in [0.15, 0.2) is 48.7 Å². The van der Waals surface area contributed by atoms with E-state index >= 15 is 0 Å². The van der Waals surface area contributed by atoms with Gasteiger partial charge in [0.15, 0.2) is 17.8 Å². The Morgan fingerprint density at radius 1 is 0.814 bits per heavy atom. The third-order valence-corrected chi connectivity index (χ3v) is 12.1. The molecule has 1 aromatic carbocycles. The summed E-state index contributed by atoms with van der Waals surface area (Å²) in [5, 5.41) is 25.9. The number of rotatable bonds is 7. The fourth-order valence-corrected chi connectivity index (χ4v) is 9.59. The number of ether oxygens (including phenoxy) is 8. The first-order valence-corrected chi connectivity index (χ1v) is 19.0. The maximum absolute atomic E-state index is 14.2. The van der Waals surface area contributed by atoms with Crippen LogP contribution in [0, 0.1) is 17.3 Å². The molecular formula is C41H47NO17. The second kappa shape index (κ2) is 15.6. The molecule has 2 aliphatic heterocycles. The van der Waals surface area contributed by atoms with Crippen molar-refractivity contribution in [1.82, 2.24) is 4.98 Å². The first-order chi connectivity index (χ1) is 27.6. The van der Waals surface area contributed by atoms with Crippen molar-refractivity contribution in [1.29, 1.82) is 0 Å². The molecule has 2 aliphatic carbocycles. The predicted octanol–water partition coefficient (Wildman–Crippen LogP) is 1.76. The molecular weight excluding hydrogens is 778 g/mol. The molecule has 1 spiro atoms. The van der Waals surface area contributed by atoms with E-state index in [4.69, 9.17) is 37.9 Å². The number of carbonyl (C=O) groups is 7. The lowest BCUT2D eigenvalue weighted by atomic mass is 9.45. The van der Waals surface area contributed by atoms with E-state index in [-0.39, 0.29) is 16.8 Å². The Bertz CT molecular complexity index is 2040. The van der Waals surface area contributed by atoms with Gasteiger partial charge >= 0.3 is 41.8 Å². The molecule has 2 saturated carbocycles. The molecule has 4 bridgehead atoms. The number of carbonyl (C=O) groups excluding carboxylic acids is 7. The quantitative estimate of drug-likeness (QED) is 0.298. The van der Waals surface area contributed by atoms with Crippen molar-refractivity contribution in [3.63, 3.8) is 0 Å². The van der Waals surface area contributed by atoms with E-state index in [1.807, 2.05) is 0 Å². The van der Waals surface area contributed by atoms with E-state index in [9.17, 15) is 43.8 Å². The molecule has 2 aromatic rings. The summed E-state index contributed by atoms with van der Waals surface area (Å²) in [6, 6.07) is 10.5. The number of aliphatic hydroxyl groups is 2. The number of pyridine rings is 1. The van der Waals surface area contributed by atoms with E-state index in [2.05, 4.69) is 4.98 Å². The SMILES string of the molecule is CC(=O)O[C@@H]1[C@@H]2[C@@H](OC(C)=O)[C@@]34O[C@@]2(C)COC(=O)c2cccnc2C(C)C(C)C(=O)O[C@@H]([C@H](O)[C@H](OC(C)=O)[C@@]3(COC(=O)c2ccccc2)[C@@H]1OC(C)=O)[C@]4(C)O. The molecule has 59 heavy (non-hydrogen) atoms. The van der Waals surface area contributed by atoms with Gasteiger partial charge in [-0.25, -0.2) is 9.59 Å². The van der Waals surface area contributed by atoms with Crippen LogP contribution in [0.25, 0.3) is 0 Å². The molecule has 4 aliphatic rings. The van der Waals surface area contributed by atoms with Crippen molar-refractivity contribution >= 4 is 41.8 Å². The number of esters is 7. The van der Waals surface area contributed by atoms with Crippen LogP contribution in [0.4, 0.5) is 0 Å². The molecule has 13 atom stereocenters. The Hall–Kier alpha value is -5.46. The lowest BCUT2D eigenvalue weighted by Gasteiger charge is -2.67. The molecule has 0 amide bonds. The summed E-state index contributed by atoms with van der Waals surface area (Å²) >= 11 is 0. The van der Waals surface area contributed by atoms with Crippen molar-refractivity contribution in [2.45, 2.75) is 115 Å². The highest BCUT2D eigenvalue weighted by molar-refractivity contribution is 5.91. The fraction of sp³-hybridized carbons (Fsp3) is 0.561. The maximum Gasteiger partial charge on any atom is 0.340 e. The Labute approximate surface area is 338 Å². The molecule has 3 fully saturated rings. The number of hydrogen-bond donors (Lipinski definition) is 2. The van der Waals surface area contributed by atoms with Crippen LogP contribution < -0.4 is 0 Å². The first-order valence-electron chi connectivity index (χ1n) is 19.0. The minimum atomic E-state index is -2.82. The van der Waals surface area contributed by atoms with Gasteiger partial charge in [0.2, 0.25) is 0 Å². The Morgan fingerprint density at radius 3 is 2.02 bits per heavy atom. The van der Waals surface area contributed by atoms with Gasteiger partial charge in [-0.05, 0) is 38.1 Å². The minimum absolute atomic E-state index is 0.0131. The van der Waals surface area contributed by atoms with Crippen LogP contribution in [0.1, 0.15) is 87.7 Å². The van der Waals surface area contributed by atoms with Gasteiger partial charge in [0, 0.05) is 39.8 Å². The lowest BCUT2D eigenvalue weighted by Crippen LogP contribution is -2.89. The molecule has 0 radical (unpaired) electrons. The van der Waals surface area contributed by atoms with Crippen LogP contribution in [-0.2, 0) is 61.9 Å². The Morgan fingerprint density at radius 2 is 1.41 bits per heavy atom. The number of benzene rings is 1. The molecule has 318 valence electrons. The lowest BCUT2D eigenvalue weighted by molar-refractivity contribution is -0.386. The predicted molar refractivity (Wildman–Crippen MR) is 196 cm³/mol. The van der Waals surface area contributed by atoms with Crippen LogP contribution in [0.5, 0.6) is 0 Å². The summed E-state index contributed by atoms with van der Waals surface area (Å²) in [5.41, 5.74) is -10.1. The zero-order valence-electron chi connectivity index (χ0n) is 33.7. The number of nitrogens with zero attached hydrogens (tertiary/aromatic N) is 1. The van der Waals surface area contributed by atoms with Crippen LogP contribution in [-0.4, -0.2) is 124 Å². The summed E-state index contributed by atoms with van der Waals surface area (Å²) in [4.78, 5) is 99.3. The largest absolute Gasteiger partial charge is 0.461 e. The third-order valence-electron chi connectivity index (χ3n) is 12.1. The van der Waals surface area contributed by atoms with E-state index in [0.29, 0.717) is 0 Å². The Balaban J connectivity index is 1.74. The average Bonchev–Trinajstić information content (AvgIpc) is 3.39. The molecule has 2 N–H and O–H groups in total. The van der Waals surface area contributed by atoms with Crippen molar-refractivity contribution in [3.8, 4) is 0 Å². The van der Waals surface area contributed by atoms with Crippen molar-refractivity contribution in [2.24, 2.45) is 17.3 Å². The summed E-state index contributed by atoms with van der Waals surface area (Å²) < 4.78 is 48.8. The van der Waals surface area contributed by atoms with Gasteiger partial charge in [-0.2, -0.15) is 0 Å². The van der Waals surface area contributed by atoms with Gasteiger partial charge in [-0.3, -0.25) is 29.0 Å². The molecule has 6 rings (SSSR count). The highest BCUT2D eigenvalue weighted by Gasteiger charge is 2.91. The number of aromatic nitrogens is 1. The van der Waals surface area contributed by atoms with E-state index in [0.717, 1.165) is 34.6 Å². The smallest absolute Gasteiger partial charge is 0.340 e. The highest BCUT2D eigenvalue weighted by atomic mass is 16.7. The topological polar surface area (TPSA) is 247 Å². The van der Waals surface area contributed by atoms with Crippen LogP contribution >= 0.6 is 0 Å².